The Hall–Kier alpha value is -1.45. The Morgan fingerprint density at radius 2 is 2.38 bits per heavy atom. The van der Waals surface area contributed by atoms with E-state index in [0.29, 0.717) is 26.1 Å². The lowest BCUT2D eigenvalue weighted by Gasteiger charge is -2.29. The minimum Gasteiger partial charge on any atom is -0.369 e. The molecule has 2 N–H and O–H groups in total. The van der Waals surface area contributed by atoms with Gasteiger partial charge in [-0.15, -0.1) is 0 Å². The molecule has 1 aromatic heterocycles. The van der Waals surface area contributed by atoms with Crippen LogP contribution < -0.4 is 4.72 Å². The van der Waals surface area contributed by atoms with Crippen LogP contribution in [0.5, 0.6) is 0 Å². The van der Waals surface area contributed by atoms with Crippen molar-refractivity contribution in [3.05, 3.63) is 18.0 Å². The third-order valence-electron chi connectivity index (χ3n) is 6.13. The third kappa shape index (κ3) is 3.39. The quantitative estimate of drug-likeness (QED) is 0.705. The van der Waals surface area contributed by atoms with Gasteiger partial charge in [-0.1, -0.05) is 0 Å². The largest absolute Gasteiger partial charge is 0.369 e. The van der Waals surface area contributed by atoms with Gasteiger partial charge in [-0.05, 0) is 31.2 Å². The van der Waals surface area contributed by atoms with Crippen LogP contribution in [0.2, 0.25) is 0 Å². The standard InChI is InChI=1S/C17H26N4O4S/c1-26(23,24)20-9-13-14-10-21(11-17(14)6-5-15(13)25-17)16(22)4-2-3-12-7-18-19-8-12/h7-8,13-15,20H,2-6,9-11H2,1H3,(H,18,19)/t13-,14+,15+,17+/m0/s1. The topological polar surface area (TPSA) is 104 Å². The number of hydrogen-bond donors (Lipinski definition) is 2. The van der Waals surface area contributed by atoms with E-state index in [1.54, 1.807) is 6.20 Å². The summed E-state index contributed by atoms with van der Waals surface area (Å²) >= 11 is 0. The summed E-state index contributed by atoms with van der Waals surface area (Å²) in [6.07, 6.45) is 9.02. The number of carbonyl (C=O) groups is 1. The molecule has 4 heterocycles. The predicted molar refractivity (Wildman–Crippen MR) is 94.8 cm³/mol. The fourth-order valence-electron chi connectivity index (χ4n) is 4.92. The molecule has 3 fully saturated rings. The summed E-state index contributed by atoms with van der Waals surface area (Å²) in [6.45, 7) is 1.73. The van der Waals surface area contributed by atoms with E-state index in [-0.39, 0.29) is 29.4 Å². The van der Waals surface area contributed by atoms with Crippen LogP contribution in [-0.4, -0.2) is 67.0 Å². The highest BCUT2D eigenvalue weighted by Gasteiger charge is 2.63. The first-order valence-corrected chi connectivity index (χ1v) is 11.1. The number of aromatic nitrogens is 2. The fourth-order valence-corrected chi connectivity index (χ4v) is 5.41. The summed E-state index contributed by atoms with van der Waals surface area (Å²) in [7, 11) is -3.22. The summed E-state index contributed by atoms with van der Waals surface area (Å²) in [6, 6.07) is 0. The first kappa shape index (κ1) is 17.9. The first-order valence-electron chi connectivity index (χ1n) is 9.24. The van der Waals surface area contributed by atoms with E-state index in [1.165, 1.54) is 6.26 Å². The highest BCUT2D eigenvalue weighted by Crippen LogP contribution is 2.54. The maximum absolute atomic E-state index is 12.6. The van der Waals surface area contributed by atoms with Crippen LogP contribution in [0.3, 0.4) is 0 Å². The van der Waals surface area contributed by atoms with Crippen molar-refractivity contribution < 1.29 is 17.9 Å². The Morgan fingerprint density at radius 1 is 1.54 bits per heavy atom. The Labute approximate surface area is 153 Å². The van der Waals surface area contributed by atoms with Gasteiger partial charge >= 0.3 is 0 Å². The second-order valence-electron chi connectivity index (χ2n) is 7.89. The molecule has 0 saturated carbocycles. The molecule has 0 unspecified atom stereocenters. The molecule has 0 radical (unpaired) electrons. The Bertz CT molecular complexity index is 766. The Balaban J connectivity index is 1.34. The molecule has 3 saturated heterocycles. The first-order chi connectivity index (χ1) is 12.4. The summed E-state index contributed by atoms with van der Waals surface area (Å²) in [4.78, 5) is 14.6. The van der Waals surface area contributed by atoms with Gasteiger partial charge in [0, 0.05) is 37.5 Å². The van der Waals surface area contributed by atoms with Crippen LogP contribution in [-0.2, 0) is 26.0 Å². The molecule has 3 aliphatic heterocycles. The van der Waals surface area contributed by atoms with Crippen LogP contribution in [0, 0.1) is 11.8 Å². The number of H-pyrrole nitrogens is 1. The zero-order valence-electron chi connectivity index (χ0n) is 15.0. The van der Waals surface area contributed by atoms with Crippen LogP contribution >= 0.6 is 0 Å². The maximum atomic E-state index is 12.6. The van der Waals surface area contributed by atoms with Crippen molar-refractivity contribution in [3.63, 3.8) is 0 Å². The number of amides is 1. The average Bonchev–Trinajstić information content (AvgIpc) is 3.32. The molecular weight excluding hydrogens is 356 g/mol. The van der Waals surface area contributed by atoms with Crippen LogP contribution in [0.1, 0.15) is 31.2 Å². The van der Waals surface area contributed by atoms with E-state index in [2.05, 4.69) is 14.9 Å². The van der Waals surface area contributed by atoms with E-state index >= 15 is 0 Å². The summed E-state index contributed by atoms with van der Waals surface area (Å²) in [5.74, 6) is 0.551. The lowest BCUT2D eigenvalue weighted by atomic mass is 9.74. The van der Waals surface area contributed by atoms with Crippen molar-refractivity contribution in [2.45, 2.75) is 43.8 Å². The predicted octanol–water partition coefficient (Wildman–Crippen LogP) is 0.288. The van der Waals surface area contributed by atoms with Gasteiger partial charge in [-0.25, -0.2) is 13.1 Å². The van der Waals surface area contributed by atoms with E-state index in [1.807, 2.05) is 11.1 Å². The second-order valence-corrected chi connectivity index (χ2v) is 9.72. The van der Waals surface area contributed by atoms with Crippen LogP contribution in [0.25, 0.3) is 0 Å². The molecule has 26 heavy (non-hydrogen) atoms. The zero-order valence-corrected chi connectivity index (χ0v) is 15.8. The van der Waals surface area contributed by atoms with E-state index in [9.17, 15) is 13.2 Å². The molecule has 0 aliphatic carbocycles. The van der Waals surface area contributed by atoms with Gasteiger partial charge in [0.1, 0.15) is 0 Å². The number of rotatable bonds is 7. The van der Waals surface area contributed by atoms with Crippen molar-refractivity contribution >= 4 is 15.9 Å². The van der Waals surface area contributed by atoms with Crippen LogP contribution in [0.15, 0.2) is 12.4 Å². The van der Waals surface area contributed by atoms with E-state index in [0.717, 1.165) is 31.2 Å². The van der Waals surface area contributed by atoms with Gasteiger partial charge in [0.2, 0.25) is 15.9 Å². The van der Waals surface area contributed by atoms with Gasteiger partial charge in [0.15, 0.2) is 0 Å². The molecule has 144 valence electrons. The van der Waals surface area contributed by atoms with Gasteiger partial charge in [-0.3, -0.25) is 9.89 Å². The molecule has 2 bridgehead atoms. The number of sulfonamides is 1. The number of ether oxygens (including phenoxy) is 1. The molecule has 0 aromatic carbocycles. The monoisotopic (exact) mass is 382 g/mol. The van der Waals surface area contributed by atoms with Crippen molar-refractivity contribution in [2.75, 3.05) is 25.9 Å². The molecule has 1 spiro atoms. The second kappa shape index (κ2) is 6.61. The zero-order chi connectivity index (χ0) is 18.4. The minimum atomic E-state index is -3.22. The number of aryl methyl sites for hydroxylation is 1. The Kier molecular flexibility index (Phi) is 4.56. The number of hydrogen-bond acceptors (Lipinski definition) is 5. The van der Waals surface area contributed by atoms with Crippen molar-refractivity contribution in [1.29, 1.82) is 0 Å². The smallest absolute Gasteiger partial charge is 0.222 e. The number of nitrogens with zero attached hydrogens (tertiary/aromatic N) is 2. The lowest BCUT2D eigenvalue weighted by Crippen LogP contribution is -2.41. The normalized spacial score (nSPS) is 33.0. The van der Waals surface area contributed by atoms with Gasteiger partial charge < -0.3 is 9.64 Å². The molecule has 1 aromatic rings. The lowest BCUT2D eigenvalue weighted by molar-refractivity contribution is -0.131. The minimum absolute atomic E-state index is 0.118. The molecule has 8 nitrogen and oxygen atoms in total. The molecule has 4 rings (SSSR count). The highest BCUT2D eigenvalue weighted by molar-refractivity contribution is 7.88. The summed E-state index contributed by atoms with van der Waals surface area (Å²) in [5, 5.41) is 6.70. The number of nitrogens with one attached hydrogen (secondary N) is 2. The fraction of sp³-hybridized carbons (Fsp3) is 0.765. The van der Waals surface area contributed by atoms with E-state index < -0.39 is 10.0 Å². The third-order valence-corrected chi connectivity index (χ3v) is 6.82. The average molecular weight is 382 g/mol. The van der Waals surface area contributed by atoms with Gasteiger partial charge in [0.05, 0.1) is 30.7 Å². The highest BCUT2D eigenvalue weighted by atomic mass is 32.2. The number of likely N-dealkylation sites (tertiary alicyclic amines) is 1. The van der Waals surface area contributed by atoms with Crippen molar-refractivity contribution in [3.8, 4) is 0 Å². The van der Waals surface area contributed by atoms with Crippen molar-refractivity contribution in [1.82, 2.24) is 19.8 Å². The number of carbonyl (C=O) groups excluding carboxylic acids is 1. The van der Waals surface area contributed by atoms with Crippen molar-refractivity contribution in [2.24, 2.45) is 11.8 Å². The SMILES string of the molecule is CS(=O)(=O)NC[C@H]1[C@H]2CN(C(=O)CCCc3cn[nH]c3)C[C@]23CC[C@H]1O3. The molecule has 1 amide bonds. The summed E-state index contributed by atoms with van der Waals surface area (Å²) in [5.41, 5.74) is 0.859. The molecule has 3 aliphatic rings. The molecular formula is C17H26N4O4S. The number of aromatic amines is 1. The number of fused-ring (bicyclic) bond motifs is 1. The molecule has 9 heteroatoms. The summed E-state index contributed by atoms with van der Waals surface area (Å²) < 4.78 is 31.8. The van der Waals surface area contributed by atoms with Gasteiger partial charge in [0.25, 0.3) is 0 Å². The molecule has 4 atom stereocenters. The van der Waals surface area contributed by atoms with E-state index in [4.69, 9.17) is 4.74 Å². The Morgan fingerprint density at radius 3 is 3.12 bits per heavy atom. The van der Waals surface area contributed by atoms with Crippen LogP contribution in [0.4, 0.5) is 0 Å². The van der Waals surface area contributed by atoms with Gasteiger partial charge in [-0.2, -0.15) is 5.10 Å². The maximum Gasteiger partial charge on any atom is 0.222 e.